The average Bonchev–Trinajstić information content (AvgIpc) is 2.28. The quantitative estimate of drug-likeness (QED) is 0.460. The van der Waals surface area contributed by atoms with E-state index in [2.05, 4.69) is 42.2 Å². The van der Waals surface area contributed by atoms with Gasteiger partial charge in [0, 0.05) is 31.9 Å². The highest BCUT2D eigenvalue weighted by molar-refractivity contribution is 14.0. The first kappa shape index (κ1) is 18.4. The minimum Gasteiger partial charge on any atom is -0.355 e. The molecule has 18 heavy (non-hydrogen) atoms. The highest BCUT2D eigenvalue weighted by atomic mass is 127. The zero-order chi connectivity index (χ0) is 12.8. The second-order valence-corrected chi connectivity index (χ2v) is 6.60. The number of likely N-dealkylation sites (tertiary alicyclic amines) is 1. The first-order valence-electron chi connectivity index (χ1n) is 6.55. The van der Waals surface area contributed by atoms with Crippen molar-refractivity contribution in [3.63, 3.8) is 0 Å². The molecule has 5 heteroatoms. The van der Waals surface area contributed by atoms with Crippen LogP contribution in [0.25, 0.3) is 0 Å². The number of nitrogens with one attached hydrogen (secondary N) is 1. The average molecular weight is 385 g/mol. The zero-order valence-corrected chi connectivity index (χ0v) is 15.4. The maximum absolute atomic E-state index is 4.41. The molecule has 1 rings (SSSR count). The van der Waals surface area contributed by atoms with Gasteiger partial charge in [-0.25, -0.2) is 0 Å². The van der Waals surface area contributed by atoms with Crippen LogP contribution in [-0.2, 0) is 0 Å². The predicted octanol–water partition coefficient (Wildman–Crippen LogP) is 2.91. The largest absolute Gasteiger partial charge is 0.355 e. The molecule has 1 heterocycles. The van der Waals surface area contributed by atoms with Gasteiger partial charge in [-0.1, -0.05) is 20.8 Å². The molecule has 0 bridgehead atoms. The molecule has 3 atom stereocenters. The van der Waals surface area contributed by atoms with E-state index < -0.39 is 0 Å². The molecule has 3 unspecified atom stereocenters. The first-order valence-corrected chi connectivity index (χ1v) is 7.84. The minimum absolute atomic E-state index is 0. The van der Waals surface area contributed by atoms with Crippen molar-refractivity contribution < 1.29 is 0 Å². The third-order valence-electron chi connectivity index (χ3n) is 3.33. The Labute approximate surface area is 134 Å². The number of nitrogens with zero attached hydrogens (tertiary/aromatic N) is 2. The third-order valence-corrected chi connectivity index (χ3v) is 4.30. The highest BCUT2D eigenvalue weighted by Crippen LogP contribution is 2.20. The topological polar surface area (TPSA) is 27.6 Å². The van der Waals surface area contributed by atoms with Gasteiger partial charge in [0.1, 0.15) is 0 Å². The molecule has 1 aliphatic rings. The van der Waals surface area contributed by atoms with Gasteiger partial charge in [0.25, 0.3) is 0 Å². The Morgan fingerprint density at radius 1 is 1.39 bits per heavy atom. The number of hydrogen-bond acceptors (Lipinski definition) is 2. The molecule has 0 saturated carbocycles. The van der Waals surface area contributed by atoms with Crippen LogP contribution in [-0.4, -0.2) is 49.0 Å². The molecule has 1 aliphatic heterocycles. The summed E-state index contributed by atoms with van der Waals surface area (Å²) in [5.41, 5.74) is 0. The molecule has 0 radical (unpaired) electrons. The van der Waals surface area contributed by atoms with Gasteiger partial charge in [0.05, 0.1) is 0 Å². The molecule has 0 amide bonds. The van der Waals surface area contributed by atoms with Crippen molar-refractivity contribution in [2.45, 2.75) is 32.4 Å². The van der Waals surface area contributed by atoms with Crippen LogP contribution >= 0.6 is 35.7 Å². The van der Waals surface area contributed by atoms with Crippen molar-refractivity contribution in [3.05, 3.63) is 0 Å². The Balaban J connectivity index is 0.00000289. The number of halogens is 1. The normalized spacial score (nSPS) is 26.5. The van der Waals surface area contributed by atoms with Gasteiger partial charge >= 0.3 is 0 Å². The molecule has 0 spiro atoms. The van der Waals surface area contributed by atoms with Crippen LogP contribution in [0, 0.1) is 11.8 Å². The molecule has 0 aromatic carbocycles. The highest BCUT2D eigenvalue weighted by Gasteiger charge is 2.23. The van der Waals surface area contributed by atoms with Crippen LogP contribution < -0.4 is 5.32 Å². The third kappa shape index (κ3) is 5.99. The lowest BCUT2D eigenvalue weighted by Gasteiger charge is -2.37. The SMILES string of the molecule is CN=C(NCC(C)SC)N1CC(C)CC(C)C1.I. The molecule has 0 aliphatic carbocycles. The van der Waals surface area contributed by atoms with E-state index in [4.69, 9.17) is 0 Å². The summed E-state index contributed by atoms with van der Waals surface area (Å²) >= 11 is 1.89. The molecule has 1 fully saturated rings. The number of hydrogen-bond donors (Lipinski definition) is 1. The summed E-state index contributed by atoms with van der Waals surface area (Å²) in [7, 11) is 1.88. The van der Waals surface area contributed by atoms with E-state index in [1.807, 2.05) is 18.8 Å². The van der Waals surface area contributed by atoms with Crippen molar-refractivity contribution >= 4 is 41.7 Å². The second kappa shape index (κ2) is 9.28. The van der Waals surface area contributed by atoms with E-state index in [1.54, 1.807) is 0 Å². The Morgan fingerprint density at radius 2 is 1.94 bits per heavy atom. The van der Waals surface area contributed by atoms with Gasteiger partial charge in [-0.2, -0.15) is 11.8 Å². The van der Waals surface area contributed by atoms with E-state index in [0.717, 1.165) is 37.4 Å². The summed E-state index contributed by atoms with van der Waals surface area (Å²) in [6.07, 6.45) is 3.49. The van der Waals surface area contributed by atoms with Crippen LogP contribution in [0.3, 0.4) is 0 Å². The molecule has 0 aromatic heterocycles. The van der Waals surface area contributed by atoms with Crippen molar-refractivity contribution in [1.29, 1.82) is 0 Å². The lowest BCUT2D eigenvalue weighted by atomic mass is 9.92. The smallest absolute Gasteiger partial charge is 0.193 e. The van der Waals surface area contributed by atoms with E-state index in [1.165, 1.54) is 6.42 Å². The summed E-state index contributed by atoms with van der Waals surface area (Å²) in [5, 5.41) is 4.12. The van der Waals surface area contributed by atoms with Crippen molar-refractivity contribution in [2.75, 3.05) is 32.9 Å². The number of rotatable bonds is 3. The predicted molar refractivity (Wildman–Crippen MR) is 94.3 cm³/mol. The monoisotopic (exact) mass is 385 g/mol. The number of thioether (sulfide) groups is 1. The Bertz CT molecular complexity index is 251. The lowest BCUT2D eigenvalue weighted by molar-refractivity contribution is 0.208. The zero-order valence-electron chi connectivity index (χ0n) is 12.3. The van der Waals surface area contributed by atoms with Gasteiger partial charge < -0.3 is 10.2 Å². The van der Waals surface area contributed by atoms with Gasteiger partial charge in [0.15, 0.2) is 5.96 Å². The maximum Gasteiger partial charge on any atom is 0.193 e. The van der Waals surface area contributed by atoms with Gasteiger partial charge in [-0.05, 0) is 24.5 Å². The minimum atomic E-state index is 0. The van der Waals surface area contributed by atoms with Crippen LogP contribution in [0.1, 0.15) is 27.2 Å². The summed E-state index contributed by atoms with van der Waals surface area (Å²) in [6.45, 7) is 10.2. The molecule has 1 N–H and O–H groups in total. The molecular weight excluding hydrogens is 357 g/mol. The molecule has 0 aromatic rings. The standard InChI is InChI=1S/C13H27N3S.HI/c1-10-6-11(2)9-16(8-10)13(14-4)15-7-12(3)17-5;/h10-12H,6-9H2,1-5H3,(H,14,15);1H. The lowest BCUT2D eigenvalue weighted by Crippen LogP contribution is -2.49. The first-order chi connectivity index (χ1) is 8.06. The summed E-state index contributed by atoms with van der Waals surface area (Å²) < 4.78 is 0. The van der Waals surface area contributed by atoms with Crippen LogP contribution in [0.5, 0.6) is 0 Å². The van der Waals surface area contributed by atoms with Gasteiger partial charge in [-0.3, -0.25) is 4.99 Å². The van der Waals surface area contributed by atoms with E-state index >= 15 is 0 Å². The van der Waals surface area contributed by atoms with Crippen molar-refractivity contribution in [2.24, 2.45) is 16.8 Å². The van der Waals surface area contributed by atoms with Gasteiger partial charge in [0.2, 0.25) is 0 Å². The molecule has 1 saturated heterocycles. The van der Waals surface area contributed by atoms with E-state index in [-0.39, 0.29) is 24.0 Å². The molecule has 3 nitrogen and oxygen atoms in total. The summed E-state index contributed by atoms with van der Waals surface area (Å²) in [6, 6.07) is 0. The fraction of sp³-hybridized carbons (Fsp3) is 0.923. The maximum atomic E-state index is 4.41. The van der Waals surface area contributed by atoms with Crippen LogP contribution in [0.4, 0.5) is 0 Å². The van der Waals surface area contributed by atoms with Crippen LogP contribution in [0.15, 0.2) is 4.99 Å². The van der Waals surface area contributed by atoms with Crippen LogP contribution in [0.2, 0.25) is 0 Å². The van der Waals surface area contributed by atoms with Crippen molar-refractivity contribution in [3.8, 4) is 0 Å². The Kier molecular flexibility index (Phi) is 9.47. The molecule has 108 valence electrons. The second-order valence-electron chi connectivity index (χ2n) is 5.33. The Hall–Kier alpha value is 0.350. The number of guanidine groups is 1. The van der Waals surface area contributed by atoms with Gasteiger partial charge in [-0.15, -0.1) is 24.0 Å². The van der Waals surface area contributed by atoms with E-state index in [0.29, 0.717) is 5.25 Å². The fourth-order valence-corrected chi connectivity index (χ4v) is 2.74. The van der Waals surface area contributed by atoms with Crippen molar-refractivity contribution in [1.82, 2.24) is 10.2 Å². The summed E-state index contributed by atoms with van der Waals surface area (Å²) in [5.74, 6) is 2.62. The molecular formula is C13H28IN3S. The summed E-state index contributed by atoms with van der Waals surface area (Å²) in [4.78, 5) is 6.82. The number of aliphatic imine (C=N–C) groups is 1. The number of piperidine rings is 1. The Morgan fingerprint density at radius 3 is 2.39 bits per heavy atom. The van der Waals surface area contributed by atoms with E-state index in [9.17, 15) is 0 Å². The fourth-order valence-electron chi connectivity index (χ4n) is 2.49.